The number of nitrogens with zero attached hydrogens (tertiary/aromatic N) is 1. The van der Waals surface area contributed by atoms with Crippen LogP contribution in [0.5, 0.6) is 5.75 Å². The summed E-state index contributed by atoms with van der Waals surface area (Å²) in [6.07, 6.45) is 1.85. The number of carbonyl (C=O) groups is 1. The van der Waals surface area contributed by atoms with E-state index in [4.69, 9.17) is 32.7 Å². The van der Waals surface area contributed by atoms with Gasteiger partial charge in [0, 0.05) is 33.1 Å². The van der Waals surface area contributed by atoms with Crippen LogP contribution in [0.1, 0.15) is 38.3 Å². The maximum atomic E-state index is 12.9. The number of halogens is 2. The Morgan fingerprint density at radius 3 is 2.66 bits per heavy atom. The molecule has 2 aromatic carbocycles. The van der Waals surface area contributed by atoms with Gasteiger partial charge in [-0.05, 0) is 61.7 Å². The van der Waals surface area contributed by atoms with E-state index in [0.717, 1.165) is 54.9 Å². The third-order valence-corrected chi connectivity index (χ3v) is 7.63. The average molecular weight is 475 g/mol. The summed E-state index contributed by atoms with van der Waals surface area (Å²) in [6.45, 7) is 7.75. The van der Waals surface area contributed by atoms with E-state index in [1.54, 1.807) is 12.1 Å². The number of carbonyl (C=O) groups excluding carboxylic acids is 1. The van der Waals surface area contributed by atoms with Crippen LogP contribution < -0.4 is 10.1 Å². The number of piperidine rings is 3. The second-order valence-corrected chi connectivity index (χ2v) is 10.7. The third-order valence-electron chi connectivity index (χ3n) is 7.06. The maximum Gasteiger partial charge on any atom is 0.407 e. The van der Waals surface area contributed by atoms with Crippen molar-refractivity contribution in [1.82, 2.24) is 10.2 Å². The van der Waals surface area contributed by atoms with Crippen LogP contribution in [-0.4, -0.2) is 43.3 Å². The van der Waals surface area contributed by atoms with Crippen LogP contribution in [0.3, 0.4) is 0 Å². The molecule has 7 heteroatoms. The molecule has 4 heterocycles. The normalized spacial score (nSPS) is 27.9. The zero-order chi connectivity index (χ0) is 22.5. The summed E-state index contributed by atoms with van der Waals surface area (Å²) in [4.78, 5) is 15.3. The minimum atomic E-state index is -0.350. The van der Waals surface area contributed by atoms with Crippen molar-refractivity contribution < 1.29 is 14.3 Å². The Labute approximate surface area is 199 Å². The molecule has 3 fully saturated rings. The van der Waals surface area contributed by atoms with Gasteiger partial charge in [0.15, 0.2) is 0 Å². The second-order valence-electron chi connectivity index (χ2n) is 9.81. The highest BCUT2D eigenvalue weighted by molar-refractivity contribution is 6.35. The van der Waals surface area contributed by atoms with Gasteiger partial charge in [-0.15, -0.1) is 0 Å². The number of benzene rings is 2. The molecule has 32 heavy (non-hydrogen) atoms. The molecule has 4 aliphatic rings. The van der Waals surface area contributed by atoms with Crippen LogP contribution in [0.2, 0.25) is 10.0 Å². The van der Waals surface area contributed by atoms with E-state index in [1.165, 1.54) is 0 Å². The van der Waals surface area contributed by atoms with E-state index >= 15 is 0 Å². The highest BCUT2D eigenvalue weighted by Crippen LogP contribution is 2.45. The molecule has 1 amide bonds. The van der Waals surface area contributed by atoms with E-state index in [9.17, 15) is 4.79 Å². The van der Waals surface area contributed by atoms with Crippen molar-refractivity contribution in [2.24, 2.45) is 11.3 Å². The van der Waals surface area contributed by atoms with Gasteiger partial charge in [-0.3, -0.25) is 4.90 Å². The van der Waals surface area contributed by atoms with E-state index in [1.807, 2.05) is 24.3 Å². The molecule has 3 saturated heterocycles. The standard InChI is InChI=1S/C25H28Cl2N2O3/c1-25(2)14-31-21-11-16(19-12-17(26)4-6-20(19)27)3-5-18(21)23(25)28-24(30)32-22-13-29-9-7-15(22)8-10-29/h3-6,11-12,15,22-23H,7-10,13-14H2,1-2H3,(H,28,30)/t22-,23?/m0/s1. The topological polar surface area (TPSA) is 50.8 Å². The van der Waals surface area contributed by atoms with Crippen molar-refractivity contribution in [3.63, 3.8) is 0 Å². The molecule has 5 nitrogen and oxygen atoms in total. The van der Waals surface area contributed by atoms with Crippen LogP contribution in [0.15, 0.2) is 36.4 Å². The second kappa shape index (κ2) is 8.44. The van der Waals surface area contributed by atoms with Crippen molar-refractivity contribution in [2.45, 2.75) is 38.8 Å². The lowest BCUT2D eigenvalue weighted by molar-refractivity contribution is -0.0361. The number of ether oxygens (including phenoxy) is 2. The number of alkyl carbamates (subject to hydrolysis) is 1. The first-order chi connectivity index (χ1) is 15.3. The van der Waals surface area contributed by atoms with E-state index in [2.05, 4.69) is 24.1 Å². The molecule has 0 radical (unpaired) electrons. The van der Waals surface area contributed by atoms with Gasteiger partial charge in [0.2, 0.25) is 0 Å². The molecule has 0 aliphatic carbocycles. The number of rotatable bonds is 3. The van der Waals surface area contributed by atoms with Gasteiger partial charge in [0.05, 0.1) is 12.6 Å². The first kappa shape index (κ1) is 21.9. The predicted octanol–water partition coefficient (Wildman–Crippen LogP) is 5.94. The summed E-state index contributed by atoms with van der Waals surface area (Å²) < 4.78 is 12.0. The molecule has 0 saturated carbocycles. The molecule has 1 unspecified atom stereocenters. The fraction of sp³-hybridized carbons (Fsp3) is 0.480. The number of amides is 1. The lowest BCUT2D eigenvalue weighted by atomic mass is 9.78. The van der Waals surface area contributed by atoms with Crippen LogP contribution in [0.25, 0.3) is 11.1 Å². The van der Waals surface area contributed by atoms with Crippen molar-refractivity contribution in [3.8, 4) is 16.9 Å². The third kappa shape index (κ3) is 4.18. The van der Waals surface area contributed by atoms with Crippen LogP contribution in [0, 0.1) is 11.3 Å². The van der Waals surface area contributed by atoms with Gasteiger partial charge in [-0.2, -0.15) is 0 Å². The van der Waals surface area contributed by atoms with Gasteiger partial charge in [-0.25, -0.2) is 4.79 Å². The Balaban J connectivity index is 1.37. The Bertz CT molecular complexity index is 1030. The van der Waals surface area contributed by atoms with E-state index < -0.39 is 0 Å². The summed E-state index contributed by atoms with van der Waals surface area (Å²) in [5.41, 5.74) is 2.43. The monoisotopic (exact) mass is 474 g/mol. The molecule has 2 aromatic rings. The van der Waals surface area contributed by atoms with E-state index in [-0.39, 0.29) is 23.7 Å². The molecule has 2 atom stereocenters. The highest BCUT2D eigenvalue weighted by Gasteiger charge is 2.41. The highest BCUT2D eigenvalue weighted by atomic mass is 35.5. The molecule has 4 aliphatic heterocycles. The molecule has 170 valence electrons. The zero-order valence-electron chi connectivity index (χ0n) is 18.4. The fourth-order valence-corrected chi connectivity index (χ4v) is 5.56. The number of hydrogen-bond acceptors (Lipinski definition) is 4. The summed E-state index contributed by atoms with van der Waals surface area (Å²) in [5.74, 6) is 1.22. The zero-order valence-corrected chi connectivity index (χ0v) is 19.9. The Morgan fingerprint density at radius 2 is 1.94 bits per heavy atom. The summed E-state index contributed by atoms with van der Waals surface area (Å²) in [7, 11) is 0. The summed E-state index contributed by atoms with van der Waals surface area (Å²) in [5, 5.41) is 4.40. The summed E-state index contributed by atoms with van der Waals surface area (Å²) >= 11 is 12.6. The number of nitrogens with one attached hydrogen (secondary N) is 1. The van der Waals surface area contributed by atoms with Gasteiger partial charge in [-0.1, -0.05) is 49.2 Å². The molecule has 1 N–H and O–H groups in total. The lowest BCUT2D eigenvalue weighted by Gasteiger charge is -2.44. The van der Waals surface area contributed by atoms with Gasteiger partial charge in [0.25, 0.3) is 0 Å². The molecule has 2 bridgehead atoms. The smallest absolute Gasteiger partial charge is 0.407 e. The van der Waals surface area contributed by atoms with Crippen LogP contribution in [-0.2, 0) is 4.74 Å². The Morgan fingerprint density at radius 1 is 1.16 bits per heavy atom. The van der Waals surface area contributed by atoms with Crippen LogP contribution >= 0.6 is 23.2 Å². The van der Waals surface area contributed by atoms with Gasteiger partial charge >= 0.3 is 6.09 Å². The molecule has 0 aromatic heterocycles. The molecule has 0 spiro atoms. The minimum absolute atomic E-state index is 0.0210. The molecule has 6 rings (SSSR count). The number of fused-ring (bicyclic) bond motifs is 4. The Kier molecular flexibility index (Phi) is 5.77. The largest absolute Gasteiger partial charge is 0.493 e. The predicted molar refractivity (Wildman–Crippen MR) is 126 cm³/mol. The summed E-state index contributed by atoms with van der Waals surface area (Å²) in [6, 6.07) is 11.2. The van der Waals surface area contributed by atoms with Crippen molar-refractivity contribution in [1.29, 1.82) is 0 Å². The van der Waals surface area contributed by atoms with E-state index in [0.29, 0.717) is 22.6 Å². The lowest BCUT2D eigenvalue weighted by Crippen LogP contribution is -2.53. The first-order valence-corrected chi connectivity index (χ1v) is 12.0. The SMILES string of the molecule is CC1(C)COc2cc(-c3cc(Cl)ccc3Cl)ccc2C1NC(=O)O[C@H]1CN2CCC1CC2. The quantitative estimate of drug-likeness (QED) is 0.597. The van der Waals surface area contributed by atoms with Gasteiger partial charge < -0.3 is 14.8 Å². The maximum absolute atomic E-state index is 12.9. The van der Waals surface area contributed by atoms with Crippen LogP contribution in [0.4, 0.5) is 4.79 Å². The van der Waals surface area contributed by atoms with Gasteiger partial charge in [0.1, 0.15) is 11.9 Å². The van der Waals surface area contributed by atoms with Crippen molar-refractivity contribution in [3.05, 3.63) is 52.0 Å². The first-order valence-electron chi connectivity index (χ1n) is 11.2. The Hall–Kier alpha value is -1.95. The van der Waals surface area contributed by atoms with Crippen molar-refractivity contribution >= 4 is 29.3 Å². The minimum Gasteiger partial charge on any atom is -0.493 e. The average Bonchev–Trinajstić information content (AvgIpc) is 2.78. The number of hydrogen-bond donors (Lipinski definition) is 1. The molecular weight excluding hydrogens is 447 g/mol. The molecular formula is C25H28Cl2N2O3. The van der Waals surface area contributed by atoms with Crippen molar-refractivity contribution in [2.75, 3.05) is 26.2 Å². The fourth-order valence-electron chi connectivity index (χ4n) is 5.16.